The minimum Gasteiger partial charge on any atom is -0.447 e. The molecule has 0 radical (unpaired) electrons. The van der Waals surface area contributed by atoms with E-state index in [1.54, 1.807) is 0 Å². The fraction of sp³-hybridized carbons (Fsp3) is 0.562. The van der Waals surface area contributed by atoms with Crippen molar-refractivity contribution in [1.29, 1.82) is 0 Å². The number of cyclic esters (lactones) is 1. The van der Waals surface area contributed by atoms with Crippen molar-refractivity contribution in [2.75, 3.05) is 18.5 Å². The number of anilines is 1. The molecule has 1 unspecified atom stereocenters. The van der Waals surface area contributed by atoms with Crippen LogP contribution in [-0.2, 0) is 11.3 Å². The largest absolute Gasteiger partial charge is 0.573 e. The number of benzene rings is 1. The van der Waals surface area contributed by atoms with E-state index >= 15 is 0 Å². The van der Waals surface area contributed by atoms with Crippen molar-refractivity contribution in [3.63, 3.8) is 0 Å². The van der Waals surface area contributed by atoms with Crippen LogP contribution in [0.2, 0.25) is 0 Å². The van der Waals surface area contributed by atoms with Crippen molar-refractivity contribution in [3.05, 3.63) is 23.8 Å². The van der Waals surface area contributed by atoms with Gasteiger partial charge < -0.3 is 14.8 Å². The lowest BCUT2D eigenvalue weighted by molar-refractivity contribution is -0.274. The molecule has 1 aliphatic heterocycles. The molecule has 1 aromatic carbocycles. The molecule has 1 aliphatic rings. The zero-order chi connectivity index (χ0) is 17.9. The van der Waals surface area contributed by atoms with Gasteiger partial charge in [-0.2, -0.15) is 0 Å². The molecule has 0 saturated carbocycles. The Labute approximate surface area is 138 Å². The van der Waals surface area contributed by atoms with Crippen LogP contribution in [0, 0.1) is 5.92 Å². The predicted octanol–water partition coefficient (Wildman–Crippen LogP) is 3.99. The number of hydrogen-bond donors (Lipinski definition) is 1. The minimum absolute atomic E-state index is 0.136. The first-order valence-electron chi connectivity index (χ1n) is 7.71. The maximum Gasteiger partial charge on any atom is 0.573 e. The molecule has 1 heterocycles. The molecule has 0 spiro atoms. The Kier molecular flexibility index (Phi) is 5.46. The third-order valence-electron chi connectivity index (χ3n) is 3.57. The van der Waals surface area contributed by atoms with Crippen molar-refractivity contribution >= 4 is 11.8 Å². The summed E-state index contributed by atoms with van der Waals surface area (Å²) in [5.41, 5.74) is 1.22. The van der Waals surface area contributed by atoms with Gasteiger partial charge in [-0.05, 0) is 36.6 Å². The maximum absolute atomic E-state index is 12.4. The molecule has 24 heavy (non-hydrogen) atoms. The summed E-state index contributed by atoms with van der Waals surface area (Å²) in [7, 11) is 0. The van der Waals surface area contributed by atoms with E-state index in [1.165, 1.54) is 23.1 Å². The van der Waals surface area contributed by atoms with Gasteiger partial charge in [0.2, 0.25) is 0 Å². The summed E-state index contributed by atoms with van der Waals surface area (Å²) in [6.45, 7) is 6.94. The highest BCUT2D eigenvalue weighted by molar-refractivity contribution is 5.70. The van der Waals surface area contributed by atoms with Crippen LogP contribution in [-0.4, -0.2) is 36.5 Å². The molecule has 0 aliphatic carbocycles. The van der Waals surface area contributed by atoms with Crippen LogP contribution in [0.3, 0.4) is 0 Å². The standard InChI is InChI=1S/C16H21F3N2O3/c1-10(2)7-20-14-5-4-13(24-16(17,18)19)6-12(14)8-21-11(3)9-23-15(21)22/h4-6,10-11,20H,7-9H2,1-3H3. The van der Waals surface area contributed by atoms with Crippen LogP contribution in [0.15, 0.2) is 18.2 Å². The summed E-state index contributed by atoms with van der Waals surface area (Å²) in [6, 6.07) is 3.95. The van der Waals surface area contributed by atoms with E-state index in [1.807, 2.05) is 20.8 Å². The van der Waals surface area contributed by atoms with Gasteiger partial charge in [-0.3, -0.25) is 4.90 Å². The second-order valence-electron chi connectivity index (χ2n) is 6.20. The lowest BCUT2D eigenvalue weighted by Crippen LogP contribution is -2.31. The number of rotatable bonds is 6. The fourth-order valence-electron chi connectivity index (χ4n) is 2.33. The van der Waals surface area contributed by atoms with Crippen LogP contribution in [0.4, 0.5) is 23.7 Å². The van der Waals surface area contributed by atoms with Gasteiger partial charge in [0.1, 0.15) is 12.4 Å². The number of nitrogens with one attached hydrogen (secondary N) is 1. The molecule has 0 bridgehead atoms. The zero-order valence-electron chi connectivity index (χ0n) is 13.8. The summed E-state index contributed by atoms with van der Waals surface area (Å²) in [5.74, 6) is 0.0486. The Morgan fingerprint density at radius 3 is 2.67 bits per heavy atom. The SMILES string of the molecule is CC(C)CNc1ccc(OC(F)(F)F)cc1CN1C(=O)OCC1C. The number of amides is 1. The normalized spacial score (nSPS) is 18.0. The van der Waals surface area contributed by atoms with Crippen LogP contribution in [0.25, 0.3) is 0 Å². The molecule has 5 nitrogen and oxygen atoms in total. The summed E-state index contributed by atoms with van der Waals surface area (Å²) in [5, 5.41) is 3.19. The predicted molar refractivity (Wildman–Crippen MR) is 82.8 cm³/mol. The summed E-state index contributed by atoms with van der Waals surface area (Å²) in [4.78, 5) is 13.2. The van der Waals surface area contributed by atoms with Crippen LogP contribution < -0.4 is 10.1 Å². The molecular formula is C16H21F3N2O3. The Bertz CT molecular complexity index is 590. The number of carbonyl (C=O) groups excluding carboxylic acids is 1. The lowest BCUT2D eigenvalue weighted by Gasteiger charge is -2.22. The monoisotopic (exact) mass is 346 g/mol. The molecule has 134 valence electrons. The van der Waals surface area contributed by atoms with Gasteiger partial charge in [-0.25, -0.2) is 4.79 Å². The van der Waals surface area contributed by atoms with Crippen molar-refractivity contribution in [1.82, 2.24) is 4.90 Å². The Morgan fingerprint density at radius 1 is 1.42 bits per heavy atom. The first-order chi connectivity index (χ1) is 11.2. The van der Waals surface area contributed by atoms with Gasteiger partial charge in [-0.1, -0.05) is 13.8 Å². The maximum atomic E-state index is 12.4. The lowest BCUT2D eigenvalue weighted by atomic mass is 10.1. The average molecular weight is 346 g/mol. The Morgan fingerprint density at radius 2 is 2.12 bits per heavy atom. The smallest absolute Gasteiger partial charge is 0.447 e. The molecule has 1 atom stereocenters. The first kappa shape index (κ1) is 18.2. The average Bonchev–Trinajstić information content (AvgIpc) is 2.76. The van der Waals surface area contributed by atoms with Crippen LogP contribution in [0.5, 0.6) is 5.75 Å². The molecule has 1 N–H and O–H groups in total. The minimum atomic E-state index is -4.76. The molecule has 2 rings (SSSR count). The van der Waals surface area contributed by atoms with E-state index in [0.29, 0.717) is 23.7 Å². The molecule has 0 aromatic heterocycles. The summed E-state index contributed by atoms with van der Waals surface area (Å²) < 4.78 is 46.2. The van der Waals surface area contributed by atoms with E-state index in [0.717, 1.165) is 0 Å². The van der Waals surface area contributed by atoms with Crippen molar-refractivity contribution in [2.24, 2.45) is 5.92 Å². The summed E-state index contributed by atoms with van der Waals surface area (Å²) in [6.07, 6.45) is -5.23. The number of alkyl halides is 3. The molecule has 1 saturated heterocycles. The molecule has 1 fully saturated rings. The molecule has 8 heteroatoms. The second-order valence-corrected chi connectivity index (χ2v) is 6.20. The van der Waals surface area contributed by atoms with E-state index in [9.17, 15) is 18.0 Å². The first-order valence-corrected chi connectivity index (χ1v) is 7.71. The number of hydrogen-bond acceptors (Lipinski definition) is 4. The fourth-order valence-corrected chi connectivity index (χ4v) is 2.33. The summed E-state index contributed by atoms with van der Waals surface area (Å²) >= 11 is 0. The number of carbonyl (C=O) groups is 1. The number of ether oxygens (including phenoxy) is 2. The van der Waals surface area contributed by atoms with Crippen molar-refractivity contribution in [3.8, 4) is 5.75 Å². The second kappa shape index (κ2) is 7.19. The van der Waals surface area contributed by atoms with Gasteiger partial charge >= 0.3 is 12.5 Å². The van der Waals surface area contributed by atoms with Gasteiger partial charge in [0.15, 0.2) is 0 Å². The van der Waals surface area contributed by atoms with Crippen LogP contribution >= 0.6 is 0 Å². The van der Waals surface area contributed by atoms with Gasteiger partial charge in [0.25, 0.3) is 0 Å². The quantitative estimate of drug-likeness (QED) is 0.846. The third kappa shape index (κ3) is 4.94. The van der Waals surface area contributed by atoms with E-state index < -0.39 is 12.5 Å². The molecular weight excluding hydrogens is 325 g/mol. The van der Waals surface area contributed by atoms with E-state index in [4.69, 9.17) is 4.74 Å². The van der Waals surface area contributed by atoms with Gasteiger partial charge in [0, 0.05) is 12.2 Å². The van der Waals surface area contributed by atoms with Crippen molar-refractivity contribution in [2.45, 2.75) is 39.7 Å². The highest BCUT2D eigenvalue weighted by Crippen LogP contribution is 2.29. The number of halogens is 3. The Hall–Kier alpha value is -2.12. The van der Waals surface area contributed by atoms with E-state index in [-0.39, 0.29) is 24.9 Å². The van der Waals surface area contributed by atoms with E-state index in [2.05, 4.69) is 10.1 Å². The third-order valence-corrected chi connectivity index (χ3v) is 3.57. The van der Waals surface area contributed by atoms with Crippen LogP contribution in [0.1, 0.15) is 26.3 Å². The molecule has 1 amide bonds. The highest BCUT2D eigenvalue weighted by Gasteiger charge is 2.32. The van der Waals surface area contributed by atoms with Gasteiger partial charge in [-0.15, -0.1) is 13.2 Å². The molecule has 1 aromatic rings. The number of nitrogens with zero attached hydrogens (tertiary/aromatic N) is 1. The van der Waals surface area contributed by atoms with Crippen molar-refractivity contribution < 1.29 is 27.4 Å². The van der Waals surface area contributed by atoms with Gasteiger partial charge in [0.05, 0.1) is 12.6 Å². The Balaban J connectivity index is 2.25. The topological polar surface area (TPSA) is 50.8 Å². The highest BCUT2D eigenvalue weighted by atomic mass is 19.4. The zero-order valence-corrected chi connectivity index (χ0v) is 13.8.